The standard InChI is InChI=1S/C44H51ClN2O7/c45-38-19-17-37(18-20-38)44(52)21-23-47(24-22-44)29-39-27-40(33-15-13-31(30-48)14-16-33)54-43(53-39)36-10-6-9-35(26-36)34-8-5-7-32(25-34)28-46-41(49)11-3-1-2-4-12-42(50)51/h5-10,13-20,25-26,39-40,43,48,52H,1-4,11-12,21-24,27-30H2,(H,46,49)(H,50,51)/t39-,40+,43+/m0/s1. The number of carboxylic acids is 1. The number of likely N-dealkylation sites (tertiary alicyclic amines) is 1. The predicted molar refractivity (Wildman–Crippen MR) is 209 cm³/mol. The molecule has 286 valence electrons. The van der Waals surface area contributed by atoms with Gasteiger partial charge in [-0.05, 0) is 83.3 Å². The van der Waals surface area contributed by atoms with E-state index in [-0.39, 0.29) is 31.1 Å². The van der Waals surface area contributed by atoms with Gasteiger partial charge in [-0.2, -0.15) is 0 Å². The summed E-state index contributed by atoms with van der Waals surface area (Å²) in [5.74, 6) is -0.790. The van der Waals surface area contributed by atoms with Crippen molar-refractivity contribution in [2.24, 2.45) is 0 Å². The Balaban J connectivity index is 1.10. The molecule has 2 saturated heterocycles. The molecule has 6 rings (SSSR count). The largest absolute Gasteiger partial charge is 0.481 e. The van der Waals surface area contributed by atoms with Gasteiger partial charge in [0.05, 0.1) is 24.4 Å². The van der Waals surface area contributed by atoms with Gasteiger partial charge in [-0.3, -0.25) is 9.59 Å². The Bertz CT molecular complexity index is 1830. The number of ether oxygens (including phenoxy) is 2. The summed E-state index contributed by atoms with van der Waals surface area (Å²) in [6.07, 6.45) is 4.61. The van der Waals surface area contributed by atoms with E-state index in [1.165, 1.54) is 0 Å². The summed E-state index contributed by atoms with van der Waals surface area (Å²) in [7, 11) is 0. The van der Waals surface area contributed by atoms with Crippen LogP contribution in [0.15, 0.2) is 97.1 Å². The number of unbranched alkanes of at least 4 members (excludes halogenated alkanes) is 3. The number of benzene rings is 4. The van der Waals surface area contributed by atoms with Crippen LogP contribution in [0, 0.1) is 0 Å². The van der Waals surface area contributed by atoms with Crippen molar-refractivity contribution < 1.29 is 34.4 Å². The number of aliphatic hydroxyl groups is 2. The minimum absolute atomic E-state index is 0.0101. The van der Waals surface area contributed by atoms with Crippen LogP contribution in [0.3, 0.4) is 0 Å². The number of amides is 1. The van der Waals surface area contributed by atoms with E-state index < -0.39 is 17.9 Å². The van der Waals surface area contributed by atoms with E-state index in [0.29, 0.717) is 50.2 Å². The number of hydrogen-bond donors (Lipinski definition) is 4. The van der Waals surface area contributed by atoms with Gasteiger partial charge in [-0.15, -0.1) is 0 Å². The molecular weight excluding hydrogens is 704 g/mol. The van der Waals surface area contributed by atoms with Crippen molar-refractivity contribution >= 4 is 23.5 Å². The predicted octanol–water partition coefficient (Wildman–Crippen LogP) is 8.07. The molecule has 0 bridgehead atoms. The Kier molecular flexibility index (Phi) is 13.9. The first-order valence-electron chi connectivity index (χ1n) is 19.1. The van der Waals surface area contributed by atoms with Gasteiger partial charge in [0.2, 0.25) is 5.91 Å². The lowest BCUT2D eigenvalue weighted by molar-refractivity contribution is -0.253. The molecule has 4 N–H and O–H groups in total. The molecule has 0 spiro atoms. The van der Waals surface area contributed by atoms with Crippen LogP contribution in [-0.4, -0.2) is 57.8 Å². The Morgan fingerprint density at radius 3 is 2.19 bits per heavy atom. The summed E-state index contributed by atoms with van der Waals surface area (Å²) in [6.45, 7) is 2.59. The van der Waals surface area contributed by atoms with Gasteiger partial charge in [-0.25, -0.2) is 0 Å². The lowest BCUT2D eigenvalue weighted by Gasteiger charge is -2.42. The molecule has 9 nitrogen and oxygen atoms in total. The fourth-order valence-electron chi connectivity index (χ4n) is 7.41. The fraction of sp³-hybridized carbons (Fsp3) is 0.409. The Morgan fingerprint density at radius 1 is 0.796 bits per heavy atom. The monoisotopic (exact) mass is 754 g/mol. The van der Waals surface area contributed by atoms with E-state index in [2.05, 4.69) is 34.5 Å². The number of carboxylic acid groups (broad SMARTS) is 1. The minimum atomic E-state index is -0.883. The Hall–Kier alpha value is -4.09. The molecule has 0 aromatic heterocycles. The number of aliphatic hydroxyl groups excluding tert-OH is 1. The maximum atomic E-state index is 12.5. The Morgan fingerprint density at radius 2 is 1.48 bits per heavy atom. The van der Waals surface area contributed by atoms with Crippen LogP contribution >= 0.6 is 11.6 Å². The zero-order valence-corrected chi connectivity index (χ0v) is 31.4. The SMILES string of the molecule is O=C(O)CCCCCCC(=O)NCc1cccc(-c2cccc([C@@H]3O[C@H](CN4CCC(O)(c5ccc(Cl)cc5)CC4)C[C@H](c4ccc(CO)cc4)O3)c2)c1. The molecule has 0 unspecified atom stereocenters. The summed E-state index contributed by atoms with van der Waals surface area (Å²) >= 11 is 6.10. The molecule has 0 radical (unpaired) electrons. The molecule has 54 heavy (non-hydrogen) atoms. The number of nitrogens with zero attached hydrogens (tertiary/aromatic N) is 1. The first-order chi connectivity index (χ1) is 26.2. The van der Waals surface area contributed by atoms with Crippen molar-refractivity contribution in [2.75, 3.05) is 19.6 Å². The summed E-state index contributed by atoms with van der Waals surface area (Å²) < 4.78 is 13.4. The van der Waals surface area contributed by atoms with Gasteiger partial charge < -0.3 is 35.0 Å². The normalized spacial score (nSPS) is 20.0. The third kappa shape index (κ3) is 11.0. The molecular formula is C44H51ClN2O7. The van der Waals surface area contributed by atoms with Gasteiger partial charge in [0.15, 0.2) is 6.29 Å². The average molecular weight is 755 g/mol. The van der Waals surface area contributed by atoms with Crippen LogP contribution in [0.4, 0.5) is 0 Å². The van der Waals surface area contributed by atoms with Gasteiger partial charge >= 0.3 is 5.97 Å². The van der Waals surface area contributed by atoms with Crippen LogP contribution in [0.2, 0.25) is 5.02 Å². The Labute approximate surface area is 322 Å². The summed E-state index contributed by atoms with van der Waals surface area (Å²) in [5, 5.41) is 33.5. The maximum Gasteiger partial charge on any atom is 0.303 e. The molecule has 2 fully saturated rings. The van der Waals surface area contributed by atoms with E-state index in [1.54, 1.807) is 0 Å². The molecule has 4 aromatic carbocycles. The number of piperidine rings is 1. The highest BCUT2D eigenvalue weighted by atomic mass is 35.5. The second-order valence-corrected chi connectivity index (χ2v) is 15.0. The molecule has 2 aliphatic heterocycles. The van der Waals surface area contributed by atoms with Crippen molar-refractivity contribution in [1.82, 2.24) is 10.2 Å². The van der Waals surface area contributed by atoms with E-state index in [9.17, 15) is 19.8 Å². The first kappa shape index (κ1) is 39.6. The van der Waals surface area contributed by atoms with Gasteiger partial charge in [0.25, 0.3) is 0 Å². The summed E-state index contributed by atoms with van der Waals surface area (Å²) in [5.41, 5.74) is 5.83. The number of nitrogens with one attached hydrogen (secondary N) is 1. The molecule has 0 saturated carbocycles. The zero-order chi connectivity index (χ0) is 37.9. The number of aliphatic carboxylic acids is 1. The third-order valence-electron chi connectivity index (χ3n) is 10.6. The molecule has 10 heteroatoms. The average Bonchev–Trinajstić information content (AvgIpc) is 3.19. The number of rotatable bonds is 16. The van der Waals surface area contributed by atoms with Crippen LogP contribution in [0.5, 0.6) is 0 Å². The third-order valence-corrected chi connectivity index (χ3v) is 10.8. The lowest BCUT2D eigenvalue weighted by atomic mass is 9.84. The fourth-order valence-corrected chi connectivity index (χ4v) is 7.53. The summed E-state index contributed by atoms with van der Waals surface area (Å²) in [4.78, 5) is 25.5. The van der Waals surface area contributed by atoms with Gasteiger partial charge in [0.1, 0.15) is 0 Å². The van der Waals surface area contributed by atoms with Crippen molar-refractivity contribution in [3.05, 3.63) is 130 Å². The number of hydrogen-bond acceptors (Lipinski definition) is 7. The van der Waals surface area contributed by atoms with Gasteiger partial charge in [0, 0.05) is 56.0 Å². The van der Waals surface area contributed by atoms with Crippen molar-refractivity contribution in [3.63, 3.8) is 0 Å². The van der Waals surface area contributed by atoms with Gasteiger partial charge in [-0.1, -0.05) is 97.2 Å². The molecule has 4 aromatic rings. The topological polar surface area (TPSA) is 129 Å². The second-order valence-electron chi connectivity index (χ2n) is 14.6. The molecule has 3 atom stereocenters. The zero-order valence-electron chi connectivity index (χ0n) is 30.7. The highest BCUT2D eigenvalue weighted by Gasteiger charge is 2.37. The number of carbonyl (C=O) groups is 2. The quantitative estimate of drug-likeness (QED) is 0.0846. The van der Waals surface area contributed by atoms with E-state index in [1.807, 2.05) is 72.8 Å². The first-order valence-corrected chi connectivity index (χ1v) is 19.4. The summed E-state index contributed by atoms with van der Waals surface area (Å²) in [6, 6.07) is 31.7. The van der Waals surface area contributed by atoms with Crippen molar-refractivity contribution in [2.45, 2.75) is 95.0 Å². The van der Waals surface area contributed by atoms with Crippen molar-refractivity contribution in [3.8, 4) is 11.1 Å². The maximum absolute atomic E-state index is 12.5. The lowest BCUT2D eigenvalue weighted by Crippen LogP contribution is -2.46. The number of halogens is 1. The van der Waals surface area contributed by atoms with E-state index >= 15 is 0 Å². The highest BCUT2D eigenvalue weighted by molar-refractivity contribution is 6.30. The van der Waals surface area contributed by atoms with Crippen LogP contribution in [-0.2, 0) is 37.8 Å². The van der Waals surface area contributed by atoms with Crippen LogP contribution < -0.4 is 5.32 Å². The molecule has 2 aliphatic rings. The van der Waals surface area contributed by atoms with E-state index in [4.69, 9.17) is 26.2 Å². The minimum Gasteiger partial charge on any atom is -0.481 e. The van der Waals surface area contributed by atoms with Crippen LogP contribution in [0.25, 0.3) is 11.1 Å². The molecule has 2 heterocycles. The van der Waals surface area contributed by atoms with Crippen LogP contribution in [0.1, 0.15) is 98.0 Å². The number of carbonyl (C=O) groups excluding carboxylic acids is 1. The smallest absolute Gasteiger partial charge is 0.303 e. The molecule has 1 amide bonds. The molecule has 0 aliphatic carbocycles. The highest BCUT2D eigenvalue weighted by Crippen LogP contribution is 2.40. The van der Waals surface area contributed by atoms with Crippen molar-refractivity contribution in [1.29, 1.82) is 0 Å². The van der Waals surface area contributed by atoms with E-state index in [0.717, 1.165) is 71.3 Å². The second kappa shape index (κ2) is 19.0.